The van der Waals surface area contributed by atoms with E-state index >= 15 is 0 Å². The first kappa shape index (κ1) is 28.7. The van der Waals surface area contributed by atoms with Crippen LogP contribution in [0.25, 0.3) is 0 Å². The second-order valence-corrected chi connectivity index (χ2v) is 12.3. The summed E-state index contributed by atoms with van der Waals surface area (Å²) in [5.74, 6) is -1.49. The van der Waals surface area contributed by atoms with Crippen molar-refractivity contribution in [2.45, 2.75) is 45.8 Å². The summed E-state index contributed by atoms with van der Waals surface area (Å²) in [6, 6.07) is 11.2. The Kier molecular flexibility index (Phi) is 9.43. The summed E-state index contributed by atoms with van der Waals surface area (Å²) in [5, 5.41) is 2.87. The molecule has 35 heavy (non-hydrogen) atoms. The lowest BCUT2D eigenvalue weighted by Gasteiger charge is -2.34. The highest BCUT2D eigenvalue weighted by atomic mass is 79.9. The Labute approximate surface area is 215 Å². The summed E-state index contributed by atoms with van der Waals surface area (Å²) in [6.07, 6.45) is 0. The zero-order chi connectivity index (χ0) is 26.6. The molecule has 0 saturated heterocycles. The lowest BCUT2D eigenvalue weighted by molar-refractivity contribution is -0.140. The summed E-state index contributed by atoms with van der Waals surface area (Å²) in [5.41, 5.74) is 0.360. The second-order valence-electron chi connectivity index (χ2n) is 9.34. The van der Waals surface area contributed by atoms with Gasteiger partial charge in [0.1, 0.15) is 18.4 Å². The SMILES string of the molecule is C[C@H](C(=O)NC(C)(C)C)N(Cc1cccc(Br)c1)C(=O)CN(c1ccc(F)cc1)S(=O)(=O)N(C)C. The van der Waals surface area contributed by atoms with Gasteiger partial charge in [-0.05, 0) is 69.7 Å². The van der Waals surface area contributed by atoms with Crippen LogP contribution in [0.2, 0.25) is 0 Å². The summed E-state index contributed by atoms with van der Waals surface area (Å²) in [7, 11) is -1.41. The van der Waals surface area contributed by atoms with E-state index in [0.29, 0.717) is 0 Å². The summed E-state index contributed by atoms with van der Waals surface area (Å²) < 4.78 is 42.3. The molecule has 0 unspecified atom stereocenters. The Morgan fingerprint density at radius 2 is 1.69 bits per heavy atom. The summed E-state index contributed by atoms with van der Waals surface area (Å²) in [6.45, 7) is 6.59. The van der Waals surface area contributed by atoms with Gasteiger partial charge in [-0.3, -0.25) is 9.59 Å². The fourth-order valence-corrected chi connectivity index (χ4v) is 4.72. The molecule has 0 spiro atoms. The molecule has 0 heterocycles. The predicted octanol–water partition coefficient (Wildman–Crippen LogP) is 3.53. The van der Waals surface area contributed by atoms with Crippen molar-refractivity contribution in [3.8, 4) is 0 Å². The Balaban J connectivity index is 2.46. The molecule has 1 N–H and O–H groups in total. The third kappa shape index (κ3) is 8.01. The molecule has 2 amide bonds. The van der Waals surface area contributed by atoms with Gasteiger partial charge in [0.25, 0.3) is 0 Å². The van der Waals surface area contributed by atoms with Crippen molar-refractivity contribution >= 4 is 43.6 Å². The fraction of sp³-hybridized carbons (Fsp3) is 0.417. The average molecular weight is 572 g/mol. The lowest BCUT2D eigenvalue weighted by atomic mass is 10.1. The molecule has 2 aromatic rings. The summed E-state index contributed by atoms with van der Waals surface area (Å²) in [4.78, 5) is 27.9. The molecule has 8 nitrogen and oxygen atoms in total. The standard InChI is InChI=1S/C24H32BrFN4O4S/c1-17(23(32)27-24(2,3)4)29(15-18-8-7-9-19(25)14-18)22(31)16-30(35(33,34)28(5)6)21-12-10-20(26)11-13-21/h7-14,17H,15-16H2,1-6H3,(H,27,32)/t17-/m1/s1. The number of hydrogen-bond acceptors (Lipinski definition) is 4. The molecule has 0 aliphatic heterocycles. The van der Waals surface area contributed by atoms with E-state index in [1.807, 2.05) is 45.0 Å². The van der Waals surface area contributed by atoms with Crippen LogP contribution in [0.15, 0.2) is 53.0 Å². The first-order valence-electron chi connectivity index (χ1n) is 10.9. The van der Waals surface area contributed by atoms with Crippen LogP contribution < -0.4 is 9.62 Å². The number of benzene rings is 2. The van der Waals surface area contributed by atoms with Gasteiger partial charge < -0.3 is 10.2 Å². The van der Waals surface area contributed by atoms with E-state index in [9.17, 15) is 22.4 Å². The van der Waals surface area contributed by atoms with Gasteiger partial charge in [0.2, 0.25) is 11.8 Å². The molecule has 0 bridgehead atoms. The van der Waals surface area contributed by atoms with Crippen molar-refractivity contribution in [1.82, 2.24) is 14.5 Å². The number of nitrogens with one attached hydrogen (secondary N) is 1. The van der Waals surface area contributed by atoms with Crippen molar-refractivity contribution in [3.63, 3.8) is 0 Å². The summed E-state index contributed by atoms with van der Waals surface area (Å²) >= 11 is 3.41. The Morgan fingerprint density at radius 3 is 2.20 bits per heavy atom. The molecule has 2 rings (SSSR count). The minimum absolute atomic E-state index is 0.0796. The molecular weight excluding hydrogens is 539 g/mol. The Hall–Kier alpha value is -2.50. The van der Waals surface area contributed by atoms with Crippen LogP contribution in [0.5, 0.6) is 0 Å². The van der Waals surface area contributed by atoms with E-state index in [-0.39, 0.29) is 18.1 Å². The van der Waals surface area contributed by atoms with Crippen molar-refractivity contribution in [3.05, 3.63) is 64.4 Å². The second kappa shape index (κ2) is 11.5. The number of anilines is 1. The van der Waals surface area contributed by atoms with E-state index in [1.54, 1.807) is 6.92 Å². The Morgan fingerprint density at radius 1 is 1.09 bits per heavy atom. The van der Waals surface area contributed by atoms with Crippen LogP contribution in [0.4, 0.5) is 10.1 Å². The van der Waals surface area contributed by atoms with Gasteiger partial charge in [-0.1, -0.05) is 28.1 Å². The van der Waals surface area contributed by atoms with Crippen molar-refractivity contribution < 1.29 is 22.4 Å². The van der Waals surface area contributed by atoms with Crippen LogP contribution >= 0.6 is 15.9 Å². The van der Waals surface area contributed by atoms with Crippen molar-refractivity contribution in [2.75, 3.05) is 24.9 Å². The van der Waals surface area contributed by atoms with Gasteiger partial charge in [-0.25, -0.2) is 8.70 Å². The largest absolute Gasteiger partial charge is 0.350 e. The number of halogens is 2. The number of carbonyl (C=O) groups is 2. The third-order valence-electron chi connectivity index (χ3n) is 5.04. The zero-order valence-electron chi connectivity index (χ0n) is 20.7. The van der Waals surface area contributed by atoms with Crippen LogP contribution in [-0.2, 0) is 26.3 Å². The minimum atomic E-state index is -4.10. The van der Waals surface area contributed by atoms with E-state index in [1.165, 1.54) is 31.1 Å². The minimum Gasteiger partial charge on any atom is -0.350 e. The van der Waals surface area contributed by atoms with Gasteiger partial charge in [0.05, 0.1) is 5.69 Å². The molecule has 2 aromatic carbocycles. The molecule has 0 aromatic heterocycles. The van der Waals surface area contributed by atoms with E-state index < -0.39 is 40.1 Å². The van der Waals surface area contributed by atoms with Gasteiger partial charge in [-0.15, -0.1) is 0 Å². The number of nitrogens with zero attached hydrogens (tertiary/aromatic N) is 3. The van der Waals surface area contributed by atoms with Crippen LogP contribution in [0.1, 0.15) is 33.3 Å². The highest BCUT2D eigenvalue weighted by molar-refractivity contribution is 9.10. The molecule has 0 radical (unpaired) electrons. The van der Waals surface area contributed by atoms with Crippen molar-refractivity contribution in [2.24, 2.45) is 0 Å². The quantitative estimate of drug-likeness (QED) is 0.499. The molecule has 0 aliphatic rings. The zero-order valence-corrected chi connectivity index (χ0v) is 23.2. The average Bonchev–Trinajstić information content (AvgIpc) is 2.74. The van der Waals surface area contributed by atoms with Gasteiger partial charge in [0.15, 0.2) is 0 Å². The van der Waals surface area contributed by atoms with E-state index in [2.05, 4.69) is 21.2 Å². The molecule has 1 atom stereocenters. The van der Waals surface area contributed by atoms with Gasteiger partial charge >= 0.3 is 10.2 Å². The van der Waals surface area contributed by atoms with Gasteiger partial charge in [0, 0.05) is 30.7 Å². The maximum absolute atomic E-state index is 13.6. The molecule has 0 saturated carbocycles. The van der Waals surface area contributed by atoms with E-state index in [0.717, 1.165) is 30.8 Å². The Bertz CT molecular complexity index is 1150. The number of amides is 2. The highest BCUT2D eigenvalue weighted by Gasteiger charge is 2.33. The molecule has 0 fully saturated rings. The molecule has 192 valence electrons. The fourth-order valence-electron chi connectivity index (χ4n) is 3.21. The number of rotatable bonds is 9. The molecule has 11 heteroatoms. The number of carbonyl (C=O) groups excluding carboxylic acids is 2. The van der Waals surface area contributed by atoms with E-state index in [4.69, 9.17) is 0 Å². The smallest absolute Gasteiger partial charge is 0.304 e. The third-order valence-corrected chi connectivity index (χ3v) is 7.35. The maximum atomic E-state index is 13.6. The topological polar surface area (TPSA) is 90.0 Å². The lowest BCUT2D eigenvalue weighted by Crippen LogP contribution is -2.54. The maximum Gasteiger partial charge on any atom is 0.304 e. The number of hydrogen-bond donors (Lipinski definition) is 1. The highest BCUT2D eigenvalue weighted by Crippen LogP contribution is 2.22. The predicted molar refractivity (Wildman–Crippen MR) is 138 cm³/mol. The van der Waals surface area contributed by atoms with Gasteiger partial charge in [-0.2, -0.15) is 12.7 Å². The van der Waals surface area contributed by atoms with Crippen LogP contribution in [0.3, 0.4) is 0 Å². The monoisotopic (exact) mass is 570 g/mol. The van der Waals surface area contributed by atoms with Crippen LogP contribution in [0, 0.1) is 5.82 Å². The van der Waals surface area contributed by atoms with Crippen molar-refractivity contribution in [1.29, 1.82) is 0 Å². The first-order chi connectivity index (χ1) is 16.1. The molecule has 0 aliphatic carbocycles. The first-order valence-corrected chi connectivity index (χ1v) is 13.1. The normalized spacial score (nSPS) is 12.8. The molecular formula is C24H32BrFN4O4S. The van der Waals surface area contributed by atoms with Crippen LogP contribution in [-0.4, -0.2) is 61.7 Å².